The molecule has 2 heterocycles. The number of carbonyl (C=O) groups excluding carboxylic acids is 1. The Morgan fingerprint density at radius 3 is 3.00 bits per heavy atom. The van der Waals surface area contributed by atoms with Gasteiger partial charge in [0.1, 0.15) is 0 Å². The Kier molecular flexibility index (Phi) is 4.11. The molecule has 0 bridgehead atoms. The number of nitrogens with one attached hydrogen (secondary N) is 1. The molecular weight excluding hydrogens is 244 g/mol. The van der Waals surface area contributed by atoms with Crippen LogP contribution in [-0.4, -0.2) is 48.1 Å². The Labute approximate surface area is 111 Å². The minimum Gasteiger partial charge on any atom is -0.340 e. The highest BCUT2D eigenvalue weighted by atomic mass is 16.5. The first-order valence-corrected chi connectivity index (χ1v) is 6.31. The van der Waals surface area contributed by atoms with E-state index in [1.807, 2.05) is 14.0 Å². The first-order valence-electron chi connectivity index (χ1n) is 6.31. The number of nitrogens with zero attached hydrogens (tertiary/aromatic N) is 3. The maximum absolute atomic E-state index is 12.2. The highest BCUT2D eigenvalue weighted by Crippen LogP contribution is 2.18. The minimum atomic E-state index is -0.0482. The summed E-state index contributed by atoms with van der Waals surface area (Å²) in [6.45, 7) is 3.40. The zero-order valence-electron chi connectivity index (χ0n) is 11.4. The second-order valence-electron chi connectivity index (χ2n) is 4.39. The molecule has 0 spiro atoms. The zero-order valence-corrected chi connectivity index (χ0v) is 11.4. The molecule has 0 unspecified atom stereocenters. The van der Waals surface area contributed by atoms with E-state index in [0.29, 0.717) is 17.8 Å². The van der Waals surface area contributed by atoms with Crippen LogP contribution in [0.25, 0.3) is 11.1 Å². The topological polar surface area (TPSA) is 71.3 Å². The van der Waals surface area contributed by atoms with Crippen LogP contribution in [0.5, 0.6) is 0 Å². The molecule has 6 nitrogen and oxygen atoms in total. The van der Waals surface area contributed by atoms with E-state index in [1.54, 1.807) is 18.0 Å². The number of amides is 1. The average Bonchev–Trinajstić information content (AvgIpc) is 2.85. The number of hydrogen-bond acceptors (Lipinski definition) is 5. The van der Waals surface area contributed by atoms with Gasteiger partial charge in [-0.3, -0.25) is 4.79 Å². The maximum atomic E-state index is 12.2. The van der Waals surface area contributed by atoms with E-state index in [9.17, 15) is 4.79 Å². The lowest BCUT2D eigenvalue weighted by Gasteiger charge is -2.16. The number of likely N-dealkylation sites (N-methyl/N-ethyl adjacent to an activating group) is 2. The smallest absolute Gasteiger partial charge is 0.257 e. The Morgan fingerprint density at radius 1 is 1.53 bits per heavy atom. The molecule has 0 saturated carbocycles. The third-order valence-corrected chi connectivity index (χ3v) is 3.03. The molecule has 1 N–H and O–H groups in total. The van der Waals surface area contributed by atoms with Gasteiger partial charge in [0.05, 0.1) is 16.6 Å². The highest BCUT2D eigenvalue weighted by molar-refractivity contribution is 5.96. The summed E-state index contributed by atoms with van der Waals surface area (Å²) in [4.78, 5) is 18.0. The molecule has 0 radical (unpaired) electrons. The summed E-state index contributed by atoms with van der Waals surface area (Å²) < 4.78 is 5.10. The number of fused-ring (bicyclic) bond motifs is 1. The maximum Gasteiger partial charge on any atom is 0.257 e. The van der Waals surface area contributed by atoms with Crippen molar-refractivity contribution in [1.29, 1.82) is 0 Å². The molecule has 2 rings (SSSR count). The number of rotatable bonds is 5. The van der Waals surface area contributed by atoms with Crippen LogP contribution < -0.4 is 5.32 Å². The third kappa shape index (κ3) is 2.73. The molecular formula is C13H18N4O2. The molecule has 0 fully saturated rings. The van der Waals surface area contributed by atoms with Gasteiger partial charge in [-0.25, -0.2) is 4.98 Å². The van der Waals surface area contributed by atoms with Gasteiger partial charge in [0, 0.05) is 26.3 Å². The van der Waals surface area contributed by atoms with E-state index in [4.69, 9.17) is 4.52 Å². The van der Waals surface area contributed by atoms with Gasteiger partial charge in [-0.2, -0.15) is 0 Å². The Bertz CT molecular complexity index is 579. The third-order valence-electron chi connectivity index (χ3n) is 3.03. The molecule has 102 valence electrons. The van der Waals surface area contributed by atoms with Crippen LogP contribution in [0.15, 0.2) is 16.8 Å². The Morgan fingerprint density at radius 2 is 2.32 bits per heavy atom. The van der Waals surface area contributed by atoms with Crippen molar-refractivity contribution < 1.29 is 9.32 Å². The first kappa shape index (κ1) is 13.5. The SMILES string of the molecule is CCc1noc2ncc(C(=O)N(C)CCNC)cc12. The average molecular weight is 262 g/mol. The van der Waals surface area contributed by atoms with Crippen molar-refractivity contribution in [3.05, 3.63) is 23.5 Å². The van der Waals surface area contributed by atoms with E-state index in [1.165, 1.54) is 6.20 Å². The number of pyridine rings is 1. The van der Waals surface area contributed by atoms with Crippen LogP contribution in [0.2, 0.25) is 0 Å². The van der Waals surface area contributed by atoms with Crippen LogP contribution >= 0.6 is 0 Å². The highest BCUT2D eigenvalue weighted by Gasteiger charge is 2.15. The van der Waals surface area contributed by atoms with Crippen LogP contribution in [-0.2, 0) is 6.42 Å². The van der Waals surface area contributed by atoms with Crippen molar-refractivity contribution in [2.45, 2.75) is 13.3 Å². The number of aryl methyl sites for hydroxylation is 1. The molecule has 1 amide bonds. The molecule has 0 aliphatic rings. The van der Waals surface area contributed by atoms with Crippen molar-refractivity contribution >= 4 is 17.0 Å². The first-order chi connectivity index (χ1) is 9.17. The van der Waals surface area contributed by atoms with E-state index in [-0.39, 0.29) is 5.91 Å². The monoisotopic (exact) mass is 262 g/mol. The van der Waals surface area contributed by atoms with Crippen LogP contribution in [0.4, 0.5) is 0 Å². The van der Waals surface area contributed by atoms with Crippen molar-refractivity contribution in [3.8, 4) is 0 Å². The fourth-order valence-electron chi connectivity index (χ4n) is 1.85. The van der Waals surface area contributed by atoms with Gasteiger partial charge in [-0.05, 0) is 19.5 Å². The molecule has 2 aromatic rings. The van der Waals surface area contributed by atoms with E-state index in [0.717, 1.165) is 24.0 Å². The molecule has 0 aliphatic carbocycles. The zero-order chi connectivity index (χ0) is 13.8. The minimum absolute atomic E-state index is 0.0482. The lowest BCUT2D eigenvalue weighted by Crippen LogP contribution is -2.32. The quantitative estimate of drug-likeness (QED) is 0.873. The van der Waals surface area contributed by atoms with Gasteiger partial charge in [-0.15, -0.1) is 0 Å². The molecule has 0 saturated heterocycles. The normalized spacial score (nSPS) is 10.9. The predicted octanol–water partition coefficient (Wildman–Crippen LogP) is 1.08. The summed E-state index contributed by atoms with van der Waals surface area (Å²) >= 11 is 0. The predicted molar refractivity (Wildman–Crippen MR) is 72.1 cm³/mol. The van der Waals surface area contributed by atoms with Gasteiger partial charge in [0.2, 0.25) is 0 Å². The lowest BCUT2D eigenvalue weighted by molar-refractivity contribution is 0.0796. The summed E-state index contributed by atoms with van der Waals surface area (Å²) in [6, 6.07) is 1.80. The largest absolute Gasteiger partial charge is 0.340 e. The second-order valence-corrected chi connectivity index (χ2v) is 4.39. The summed E-state index contributed by atoms with van der Waals surface area (Å²) in [5.41, 5.74) is 1.87. The van der Waals surface area contributed by atoms with Crippen molar-refractivity contribution in [2.75, 3.05) is 27.2 Å². The van der Waals surface area contributed by atoms with Gasteiger partial charge >= 0.3 is 0 Å². The van der Waals surface area contributed by atoms with Gasteiger partial charge in [0.25, 0.3) is 11.6 Å². The summed E-state index contributed by atoms with van der Waals surface area (Å²) in [7, 11) is 3.63. The Hall–Kier alpha value is -1.95. The number of aromatic nitrogens is 2. The van der Waals surface area contributed by atoms with Gasteiger partial charge in [-0.1, -0.05) is 12.1 Å². The summed E-state index contributed by atoms with van der Waals surface area (Å²) in [5, 5.41) is 7.77. The van der Waals surface area contributed by atoms with Crippen LogP contribution in [0.1, 0.15) is 23.0 Å². The molecule has 0 aromatic carbocycles. The molecule has 2 aromatic heterocycles. The fourth-order valence-corrected chi connectivity index (χ4v) is 1.85. The van der Waals surface area contributed by atoms with E-state index >= 15 is 0 Å². The van der Waals surface area contributed by atoms with E-state index in [2.05, 4.69) is 15.5 Å². The van der Waals surface area contributed by atoms with Crippen molar-refractivity contribution in [3.63, 3.8) is 0 Å². The van der Waals surface area contributed by atoms with Gasteiger partial charge < -0.3 is 14.7 Å². The lowest BCUT2D eigenvalue weighted by atomic mass is 10.1. The number of hydrogen-bond donors (Lipinski definition) is 1. The summed E-state index contributed by atoms with van der Waals surface area (Å²) in [6.07, 6.45) is 2.28. The van der Waals surface area contributed by atoms with Crippen LogP contribution in [0, 0.1) is 0 Å². The standard InChI is InChI=1S/C13H18N4O2/c1-4-11-10-7-9(8-15-12(10)19-16-11)13(18)17(3)6-5-14-2/h7-8,14H,4-6H2,1-3H3. The molecule has 0 atom stereocenters. The molecule has 6 heteroatoms. The summed E-state index contributed by atoms with van der Waals surface area (Å²) in [5.74, 6) is -0.0482. The van der Waals surface area contributed by atoms with Crippen molar-refractivity contribution in [2.24, 2.45) is 0 Å². The Balaban J connectivity index is 2.26. The molecule has 19 heavy (non-hydrogen) atoms. The second kappa shape index (κ2) is 5.79. The van der Waals surface area contributed by atoms with E-state index < -0.39 is 0 Å². The number of carbonyl (C=O) groups is 1. The van der Waals surface area contributed by atoms with Crippen molar-refractivity contribution in [1.82, 2.24) is 20.4 Å². The van der Waals surface area contributed by atoms with Gasteiger partial charge in [0.15, 0.2) is 0 Å². The molecule has 0 aliphatic heterocycles. The fraction of sp³-hybridized carbons (Fsp3) is 0.462. The van der Waals surface area contributed by atoms with Crippen LogP contribution in [0.3, 0.4) is 0 Å².